The molecule has 0 radical (unpaired) electrons. The summed E-state index contributed by atoms with van der Waals surface area (Å²) in [6.45, 7) is 0.201. The Morgan fingerprint density at radius 2 is 2.23 bits per heavy atom. The lowest BCUT2D eigenvalue weighted by Gasteiger charge is -2.20. The van der Waals surface area contributed by atoms with Crippen molar-refractivity contribution in [1.29, 1.82) is 0 Å². The molecule has 1 N–H and O–H groups in total. The first-order valence-electron chi connectivity index (χ1n) is 8.95. The van der Waals surface area contributed by atoms with Crippen LogP contribution in [0, 0.1) is 23.6 Å². The van der Waals surface area contributed by atoms with Crippen molar-refractivity contribution < 1.29 is 9.18 Å². The van der Waals surface area contributed by atoms with E-state index < -0.39 is 0 Å². The Labute approximate surface area is 165 Å². The Hall–Kier alpha value is -1.40. The fourth-order valence-electron chi connectivity index (χ4n) is 4.46. The van der Waals surface area contributed by atoms with Gasteiger partial charge in [0, 0.05) is 23.2 Å². The monoisotopic (exact) mass is 439 g/mol. The number of carbonyl (C=O) groups excluding carboxylic acids is 1. The maximum absolute atomic E-state index is 13.9. The van der Waals surface area contributed by atoms with Gasteiger partial charge in [-0.05, 0) is 65.1 Å². The molecule has 2 aliphatic rings. The molecule has 4 nitrogen and oxygen atoms in total. The fraction of sp³-hybridized carbons (Fsp3) is 0.474. The number of rotatable bonds is 5. The standard InChI is InChI=1S/C19H20BrClFN3O/c20-15-10-25(9-14-16(21)2-1-3-17(14)22)24-19(15)23-18(26)8-13-7-11-4-5-12(13)6-11/h1-3,10-13H,4-9H2,(H,23,24,26)/t11-,12-,13+/m1/s1. The van der Waals surface area contributed by atoms with Crippen LogP contribution in [0.25, 0.3) is 0 Å². The molecule has 4 rings (SSSR count). The molecule has 26 heavy (non-hydrogen) atoms. The molecule has 2 aliphatic carbocycles. The maximum Gasteiger partial charge on any atom is 0.225 e. The average Bonchev–Trinajstić information content (AvgIpc) is 3.28. The number of hydrogen-bond acceptors (Lipinski definition) is 2. The smallest absolute Gasteiger partial charge is 0.225 e. The summed E-state index contributed by atoms with van der Waals surface area (Å²) in [6.07, 6.45) is 7.34. The van der Waals surface area contributed by atoms with E-state index in [-0.39, 0.29) is 18.3 Å². The van der Waals surface area contributed by atoms with Gasteiger partial charge in [-0.2, -0.15) is 5.10 Å². The number of fused-ring (bicyclic) bond motifs is 2. The molecule has 1 heterocycles. The minimum Gasteiger partial charge on any atom is -0.308 e. The van der Waals surface area contributed by atoms with Crippen molar-refractivity contribution in [3.8, 4) is 0 Å². The van der Waals surface area contributed by atoms with E-state index in [0.717, 1.165) is 11.8 Å². The van der Waals surface area contributed by atoms with Crippen molar-refractivity contribution in [2.24, 2.45) is 17.8 Å². The molecule has 0 spiro atoms. The zero-order valence-corrected chi connectivity index (χ0v) is 16.6. The van der Waals surface area contributed by atoms with Crippen molar-refractivity contribution in [2.45, 2.75) is 38.6 Å². The molecule has 3 atom stereocenters. The number of nitrogens with zero attached hydrogens (tertiary/aromatic N) is 2. The van der Waals surface area contributed by atoms with Gasteiger partial charge in [-0.15, -0.1) is 0 Å². The molecule has 0 saturated heterocycles. The molecule has 0 unspecified atom stereocenters. The summed E-state index contributed by atoms with van der Waals surface area (Å²) in [6, 6.07) is 4.59. The summed E-state index contributed by atoms with van der Waals surface area (Å²) in [5.74, 6) is 2.14. The fourth-order valence-corrected chi connectivity index (χ4v) is 5.09. The Kier molecular flexibility index (Phi) is 5.06. The first-order valence-corrected chi connectivity index (χ1v) is 10.1. The van der Waals surface area contributed by atoms with E-state index in [1.165, 1.54) is 31.7 Å². The number of halogens is 3. The van der Waals surface area contributed by atoms with Gasteiger partial charge in [-0.25, -0.2) is 4.39 Å². The Morgan fingerprint density at radius 3 is 2.92 bits per heavy atom. The zero-order chi connectivity index (χ0) is 18.3. The number of aromatic nitrogens is 2. The largest absolute Gasteiger partial charge is 0.308 e. The lowest BCUT2D eigenvalue weighted by atomic mass is 9.86. The van der Waals surface area contributed by atoms with Crippen molar-refractivity contribution >= 4 is 39.3 Å². The molecule has 1 aromatic heterocycles. The topological polar surface area (TPSA) is 46.9 Å². The van der Waals surface area contributed by atoms with Crippen LogP contribution < -0.4 is 5.32 Å². The summed E-state index contributed by atoms with van der Waals surface area (Å²) in [5.41, 5.74) is 0.379. The number of nitrogens with one attached hydrogen (secondary N) is 1. The first kappa shape index (κ1) is 18.0. The lowest BCUT2D eigenvalue weighted by molar-refractivity contribution is -0.117. The second-order valence-corrected chi connectivity index (χ2v) is 8.67. The Balaban J connectivity index is 1.41. The quantitative estimate of drug-likeness (QED) is 0.690. The second-order valence-electron chi connectivity index (χ2n) is 7.41. The maximum atomic E-state index is 13.9. The molecule has 2 aromatic rings. The van der Waals surface area contributed by atoms with Gasteiger partial charge in [-0.1, -0.05) is 24.1 Å². The number of hydrogen-bond donors (Lipinski definition) is 1. The highest BCUT2D eigenvalue weighted by atomic mass is 79.9. The first-order chi connectivity index (χ1) is 12.5. The molecular weight excluding hydrogens is 421 g/mol. The van der Waals surface area contributed by atoms with Gasteiger partial charge in [-0.3, -0.25) is 9.48 Å². The molecule has 0 aliphatic heterocycles. The molecule has 2 fully saturated rings. The van der Waals surface area contributed by atoms with Gasteiger partial charge < -0.3 is 5.32 Å². The summed E-state index contributed by atoms with van der Waals surface area (Å²) < 4.78 is 16.2. The number of anilines is 1. The summed E-state index contributed by atoms with van der Waals surface area (Å²) in [4.78, 5) is 12.4. The molecule has 1 amide bonds. The number of amides is 1. The van der Waals surface area contributed by atoms with Gasteiger partial charge in [0.25, 0.3) is 0 Å². The van der Waals surface area contributed by atoms with Gasteiger partial charge in [0.15, 0.2) is 5.82 Å². The van der Waals surface area contributed by atoms with E-state index in [2.05, 4.69) is 26.3 Å². The van der Waals surface area contributed by atoms with Crippen LogP contribution in [0.15, 0.2) is 28.9 Å². The van der Waals surface area contributed by atoms with Crippen LogP contribution in [0.4, 0.5) is 10.2 Å². The van der Waals surface area contributed by atoms with E-state index in [0.29, 0.717) is 33.2 Å². The number of carbonyl (C=O) groups is 1. The van der Waals surface area contributed by atoms with Crippen molar-refractivity contribution in [3.63, 3.8) is 0 Å². The third kappa shape index (κ3) is 3.67. The summed E-state index contributed by atoms with van der Waals surface area (Å²) >= 11 is 9.49. The van der Waals surface area contributed by atoms with E-state index >= 15 is 0 Å². The van der Waals surface area contributed by atoms with Gasteiger partial charge >= 0.3 is 0 Å². The lowest BCUT2D eigenvalue weighted by Crippen LogP contribution is -2.20. The van der Waals surface area contributed by atoms with E-state index in [9.17, 15) is 9.18 Å². The predicted molar refractivity (Wildman–Crippen MR) is 103 cm³/mol. The summed E-state index contributed by atoms with van der Waals surface area (Å²) in [7, 11) is 0. The van der Waals surface area contributed by atoms with Gasteiger partial charge in [0.2, 0.25) is 5.91 Å². The summed E-state index contributed by atoms with van der Waals surface area (Å²) in [5, 5.41) is 7.61. The molecule has 2 saturated carbocycles. The van der Waals surface area contributed by atoms with Crippen molar-refractivity contribution in [1.82, 2.24) is 9.78 Å². The number of benzene rings is 1. The van der Waals surface area contributed by atoms with Crippen molar-refractivity contribution in [2.75, 3.05) is 5.32 Å². The van der Waals surface area contributed by atoms with Crippen LogP contribution in [0.2, 0.25) is 5.02 Å². The van der Waals surface area contributed by atoms with Crippen LogP contribution in [-0.2, 0) is 11.3 Å². The molecule has 138 valence electrons. The zero-order valence-electron chi connectivity index (χ0n) is 14.2. The van der Waals surface area contributed by atoms with Gasteiger partial charge in [0.05, 0.1) is 11.0 Å². The third-order valence-corrected chi connectivity index (χ3v) is 6.62. The third-order valence-electron chi connectivity index (χ3n) is 5.69. The second kappa shape index (κ2) is 7.31. The highest BCUT2D eigenvalue weighted by molar-refractivity contribution is 9.10. The molecule has 7 heteroatoms. The van der Waals surface area contributed by atoms with Crippen LogP contribution in [0.1, 0.15) is 37.7 Å². The highest BCUT2D eigenvalue weighted by Crippen LogP contribution is 2.49. The van der Waals surface area contributed by atoms with Gasteiger partial charge in [0.1, 0.15) is 5.82 Å². The Bertz CT molecular complexity index is 820. The predicted octanol–water partition coefficient (Wildman–Crippen LogP) is 5.25. The van der Waals surface area contributed by atoms with Crippen molar-refractivity contribution in [3.05, 3.63) is 45.3 Å². The minimum atomic E-state index is -0.369. The van der Waals surface area contributed by atoms with E-state index in [4.69, 9.17) is 11.6 Å². The minimum absolute atomic E-state index is 0.00239. The molecular formula is C19H20BrClFN3O. The van der Waals surface area contributed by atoms with Crippen LogP contribution in [-0.4, -0.2) is 15.7 Å². The molecule has 1 aromatic carbocycles. The highest BCUT2D eigenvalue weighted by Gasteiger charge is 2.40. The average molecular weight is 441 g/mol. The Morgan fingerprint density at radius 1 is 1.38 bits per heavy atom. The molecule has 2 bridgehead atoms. The normalized spacial score (nSPS) is 24.2. The van der Waals surface area contributed by atoms with E-state index in [1.54, 1.807) is 23.0 Å². The van der Waals surface area contributed by atoms with Crippen LogP contribution in [0.3, 0.4) is 0 Å². The van der Waals surface area contributed by atoms with Crippen LogP contribution >= 0.6 is 27.5 Å². The van der Waals surface area contributed by atoms with E-state index in [1.807, 2.05) is 0 Å². The SMILES string of the molecule is O=C(C[C@@H]1C[C@@H]2CC[C@@H]1C2)Nc1nn(Cc2c(F)cccc2Cl)cc1Br. The van der Waals surface area contributed by atoms with Crippen LogP contribution in [0.5, 0.6) is 0 Å².